The van der Waals surface area contributed by atoms with E-state index in [-0.39, 0.29) is 24.3 Å². The number of fused-ring (bicyclic) bond motifs is 10. The topological polar surface area (TPSA) is 126 Å². The van der Waals surface area contributed by atoms with Crippen LogP contribution in [0.5, 0.6) is 0 Å². The zero-order valence-electron chi connectivity index (χ0n) is 18.9. The Bertz CT molecular complexity index is 1390. The smallest absolute Gasteiger partial charge is 0.237 e. The maximum atomic E-state index is 13.5. The molecule has 9 heteroatoms. The summed E-state index contributed by atoms with van der Waals surface area (Å²) in [4.78, 5) is 33.6. The van der Waals surface area contributed by atoms with E-state index >= 15 is 0 Å². The minimum absolute atomic E-state index is 0.134. The molecule has 3 aliphatic heterocycles. The van der Waals surface area contributed by atoms with Crippen LogP contribution in [0.1, 0.15) is 34.7 Å². The number of amides is 2. The Kier molecular flexibility index (Phi) is 4.30. The van der Waals surface area contributed by atoms with E-state index in [0.29, 0.717) is 0 Å². The zero-order valence-corrected chi connectivity index (χ0v) is 18.9. The number of nitrogens with zero attached hydrogens (tertiary/aromatic N) is 2. The Morgan fingerprint density at radius 3 is 2.51 bits per heavy atom. The van der Waals surface area contributed by atoms with Crippen molar-refractivity contribution < 1.29 is 29.6 Å². The van der Waals surface area contributed by atoms with Gasteiger partial charge in [0.15, 0.2) is 6.23 Å². The van der Waals surface area contributed by atoms with E-state index in [2.05, 4.69) is 4.98 Å². The molecular weight excluding hydrogens is 450 g/mol. The van der Waals surface area contributed by atoms with Gasteiger partial charge >= 0.3 is 0 Å². The van der Waals surface area contributed by atoms with E-state index in [1.807, 2.05) is 53.4 Å². The standard InChI is InChI=1S/C26H25N3O6/c1-28-24(33)18-16-11-6-2-4-8-13(11)27-20(16)21-17(19(18)25(28)34)12-7-3-5-9-14(12)29(21)26-23(32)22(31)15(30)10-35-26/h2-9,15,17-19,21-23,26-27,30-32H,10H2,1H3/t15-,17+,18+,19-,21+,22+,23-,26-/m1/s1. The molecule has 35 heavy (non-hydrogen) atoms. The summed E-state index contributed by atoms with van der Waals surface area (Å²) >= 11 is 0. The Hall–Kier alpha value is -3.24. The Morgan fingerprint density at radius 1 is 0.943 bits per heavy atom. The van der Waals surface area contributed by atoms with Crippen LogP contribution in [0.25, 0.3) is 10.9 Å². The fourth-order valence-electron chi connectivity index (χ4n) is 6.79. The molecule has 1 aromatic heterocycles. The summed E-state index contributed by atoms with van der Waals surface area (Å²) in [5.41, 5.74) is 4.14. The number of ether oxygens (including phenoxy) is 1. The van der Waals surface area contributed by atoms with Gasteiger partial charge in [-0.25, -0.2) is 0 Å². The number of nitrogens with one attached hydrogen (secondary N) is 1. The van der Waals surface area contributed by atoms with Gasteiger partial charge in [-0.05, 0) is 23.3 Å². The lowest BCUT2D eigenvalue weighted by Gasteiger charge is -2.45. The van der Waals surface area contributed by atoms with Crippen LogP contribution in [0.15, 0.2) is 48.5 Å². The van der Waals surface area contributed by atoms with Gasteiger partial charge < -0.3 is 29.9 Å². The summed E-state index contributed by atoms with van der Waals surface area (Å²) < 4.78 is 5.92. The number of hydrogen-bond acceptors (Lipinski definition) is 7. The van der Waals surface area contributed by atoms with E-state index in [1.165, 1.54) is 11.9 Å². The van der Waals surface area contributed by atoms with Crippen molar-refractivity contribution in [3.05, 3.63) is 65.4 Å². The number of aliphatic hydroxyl groups excluding tert-OH is 3. The number of carbonyl (C=O) groups excluding carboxylic acids is 2. The first-order chi connectivity index (χ1) is 16.9. The maximum Gasteiger partial charge on any atom is 0.237 e. The van der Waals surface area contributed by atoms with Gasteiger partial charge in [-0.3, -0.25) is 14.5 Å². The summed E-state index contributed by atoms with van der Waals surface area (Å²) in [6.45, 7) is -0.134. The van der Waals surface area contributed by atoms with E-state index in [0.717, 1.165) is 33.4 Å². The number of H-pyrrole nitrogens is 1. The minimum atomic E-state index is -1.38. The largest absolute Gasteiger partial charge is 0.388 e. The SMILES string of the molecule is CN1C(=O)[C@@H]2[C@@H]3c4ccccc4N([C@@H]4OC[C@@H](O)[C@H](O)[C@H]4O)[C@@H]3c3[nH]c4ccccc4c3[C@@H]2C1=O. The fraction of sp³-hybridized carbons (Fsp3) is 0.385. The predicted octanol–water partition coefficient (Wildman–Crippen LogP) is 0.964. The van der Waals surface area contributed by atoms with E-state index < -0.39 is 42.4 Å². The lowest BCUT2D eigenvalue weighted by molar-refractivity contribution is -0.188. The molecule has 0 spiro atoms. The van der Waals surface area contributed by atoms with E-state index in [9.17, 15) is 24.9 Å². The number of aliphatic hydroxyl groups is 3. The highest BCUT2D eigenvalue weighted by Gasteiger charge is 2.62. The lowest BCUT2D eigenvalue weighted by atomic mass is 9.68. The van der Waals surface area contributed by atoms with Gasteiger partial charge in [-0.1, -0.05) is 36.4 Å². The van der Waals surface area contributed by atoms with Crippen LogP contribution in [0.2, 0.25) is 0 Å². The number of likely N-dealkylation sites (tertiary alicyclic amines) is 1. The molecule has 2 aromatic carbocycles. The van der Waals surface area contributed by atoms with Gasteiger partial charge in [-0.2, -0.15) is 0 Å². The first-order valence-electron chi connectivity index (χ1n) is 11.8. The van der Waals surface area contributed by atoms with Crippen molar-refractivity contribution >= 4 is 28.4 Å². The molecule has 0 unspecified atom stereocenters. The Balaban J connectivity index is 1.50. The number of hydrogen-bond donors (Lipinski definition) is 4. The van der Waals surface area contributed by atoms with Gasteiger partial charge in [0.25, 0.3) is 0 Å². The molecule has 2 fully saturated rings. The highest BCUT2D eigenvalue weighted by Crippen LogP contribution is 2.63. The number of aromatic amines is 1. The quantitative estimate of drug-likeness (QED) is 0.386. The maximum absolute atomic E-state index is 13.5. The van der Waals surface area contributed by atoms with Crippen LogP contribution >= 0.6 is 0 Å². The summed E-state index contributed by atoms with van der Waals surface area (Å²) in [5, 5.41) is 32.4. The van der Waals surface area contributed by atoms with Gasteiger partial charge in [0.1, 0.15) is 18.3 Å². The highest BCUT2D eigenvalue weighted by molar-refractivity contribution is 6.11. The molecule has 3 aromatic rings. The molecule has 4 N–H and O–H groups in total. The molecule has 9 nitrogen and oxygen atoms in total. The highest BCUT2D eigenvalue weighted by atomic mass is 16.5. The molecule has 8 atom stereocenters. The number of likely N-dealkylation sites (N-methyl/N-ethyl adjacent to an activating group) is 1. The first kappa shape index (κ1) is 21.1. The van der Waals surface area contributed by atoms with Crippen LogP contribution in [0, 0.1) is 5.92 Å². The number of aromatic nitrogens is 1. The third-order valence-corrected chi connectivity index (χ3v) is 8.30. The van der Waals surface area contributed by atoms with E-state index in [4.69, 9.17) is 4.74 Å². The van der Waals surface area contributed by atoms with Crippen molar-refractivity contribution in [2.75, 3.05) is 18.6 Å². The summed E-state index contributed by atoms with van der Waals surface area (Å²) in [6, 6.07) is 14.9. The number of carbonyl (C=O) groups is 2. The molecule has 180 valence electrons. The number of benzene rings is 2. The molecule has 1 aliphatic carbocycles. The number of rotatable bonds is 1. The number of imide groups is 1. The molecule has 0 bridgehead atoms. The molecular formula is C26H25N3O6. The van der Waals surface area contributed by atoms with Crippen molar-refractivity contribution in [1.29, 1.82) is 0 Å². The van der Waals surface area contributed by atoms with Gasteiger partial charge in [-0.15, -0.1) is 0 Å². The Labute approximate surface area is 200 Å². The van der Waals surface area contributed by atoms with Crippen LogP contribution in [0.4, 0.5) is 5.69 Å². The van der Waals surface area contributed by atoms with Crippen molar-refractivity contribution in [2.45, 2.75) is 42.4 Å². The molecule has 4 aliphatic rings. The lowest BCUT2D eigenvalue weighted by Crippen LogP contribution is -2.60. The number of anilines is 1. The summed E-state index contributed by atoms with van der Waals surface area (Å²) in [5.74, 6) is -2.02. The average Bonchev–Trinajstić information content (AvgIpc) is 3.48. The molecule has 0 saturated carbocycles. The summed E-state index contributed by atoms with van der Waals surface area (Å²) in [6.07, 6.45) is -4.90. The zero-order chi connectivity index (χ0) is 24.2. The van der Waals surface area contributed by atoms with Gasteiger partial charge in [0, 0.05) is 35.2 Å². The second-order valence-corrected chi connectivity index (χ2v) is 9.95. The molecule has 2 saturated heterocycles. The number of para-hydroxylation sites is 2. The van der Waals surface area contributed by atoms with Crippen LogP contribution in [0.3, 0.4) is 0 Å². The van der Waals surface area contributed by atoms with Crippen molar-refractivity contribution in [3.63, 3.8) is 0 Å². The van der Waals surface area contributed by atoms with Crippen LogP contribution < -0.4 is 4.90 Å². The summed E-state index contributed by atoms with van der Waals surface area (Å²) in [7, 11) is 1.54. The fourth-order valence-corrected chi connectivity index (χ4v) is 6.79. The van der Waals surface area contributed by atoms with Crippen molar-refractivity contribution in [2.24, 2.45) is 5.92 Å². The molecule has 7 rings (SSSR count). The van der Waals surface area contributed by atoms with E-state index in [1.54, 1.807) is 0 Å². The van der Waals surface area contributed by atoms with Crippen LogP contribution in [-0.2, 0) is 14.3 Å². The molecule has 2 amide bonds. The molecule has 4 heterocycles. The van der Waals surface area contributed by atoms with Crippen LogP contribution in [-0.4, -0.2) is 75.2 Å². The Morgan fingerprint density at radius 2 is 1.69 bits per heavy atom. The van der Waals surface area contributed by atoms with Gasteiger partial charge in [0.05, 0.1) is 24.5 Å². The molecule has 0 radical (unpaired) electrons. The predicted molar refractivity (Wildman–Crippen MR) is 124 cm³/mol. The average molecular weight is 476 g/mol. The second-order valence-electron chi connectivity index (χ2n) is 9.95. The van der Waals surface area contributed by atoms with Crippen molar-refractivity contribution in [1.82, 2.24) is 9.88 Å². The van der Waals surface area contributed by atoms with Crippen molar-refractivity contribution in [3.8, 4) is 0 Å². The first-order valence-corrected chi connectivity index (χ1v) is 11.8. The third-order valence-electron chi connectivity index (χ3n) is 8.30. The monoisotopic (exact) mass is 475 g/mol. The third kappa shape index (κ3) is 2.56. The normalized spacial score (nSPS) is 35.8. The second kappa shape index (κ2) is 7.14. The minimum Gasteiger partial charge on any atom is -0.388 e. The van der Waals surface area contributed by atoms with Gasteiger partial charge in [0.2, 0.25) is 11.8 Å².